The van der Waals surface area contributed by atoms with Gasteiger partial charge < -0.3 is 23.1 Å². The van der Waals surface area contributed by atoms with Crippen LogP contribution >= 0.6 is 0 Å². The molecule has 0 fully saturated rings. The van der Waals surface area contributed by atoms with Crippen molar-refractivity contribution in [2.24, 2.45) is 7.05 Å². The van der Waals surface area contributed by atoms with Crippen LogP contribution in [0, 0.1) is 6.92 Å². The van der Waals surface area contributed by atoms with E-state index in [4.69, 9.17) is 8.37 Å². The summed E-state index contributed by atoms with van der Waals surface area (Å²) in [5.41, 5.74) is 1.28. The van der Waals surface area contributed by atoms with Crippen molar-refractivity contribution in [2.45, 2.75) is 19.1 Å². The van der Waals surface area contributed by atoms with Crippen LogP contribution in [0.15, 0.2) is 12.1 Å². The number of hydrogen-bond acceptors (Lipinski definition) is 7. The number of hydrogen-bond donors (Lipinski definition) is 2. The second-order valence-corrected chi connectivity index (χ2v) is 6.41. The van der Waals surface area contributed by atoms with Crippen LogP contribution in [0.1, 0.15) is 40.5 Å². The highest BCUT2D eigenvalue weighted by Crippen LogP contribution is 2.50. The lowest BCUT2D eigenvalue weighted by Gasteiger charge is -2.26. The second-order valence-electron chi connectivity index (χ2n) is 5.26. The normalized spacial score (nSPS) is 24.0. The summed E-state index contributed by atoms with van der Waals surface area (Å²) in [6, 6.07) is 2.90. The van der Waals surface area contributed by atoms with Crippen LogP contribution < -0.4 is 8.37 Å². The lowest BCUT2D eigenvalue weighted by atomic mass is 9.87. The molecule has 0 amide bonds. The summed E-state index contributed by atoms with van der Waals surface area (Å²) in [6.45, 7) is 1.75. The van der Waals surface area contributed by atoms with E-state index in [1.54, 1.807) is 18.5 Å². The van der Waals surface area contributed by atoms with Crippen LogP contribution in [0.4, 0.5) is 0 Å². The fraction of sp³-hybridized carbons (Fsp3) is 0.308. The number of aryl methyl sites for hydroxylation is 1. The molecule has 0 spiro atoms. The molecule has 2 N–H and O–H groups in total. The number of aromatic nitrogens is 2. The minimum Gasteiger partial charge on any atom is -0.382 e. The molecule has 2 aliphatic rings. The summed E-state index contributed by atoms with van der Waals surface area (Å²) in [5, 5.41) is 21.2. The summed E-state index contributed by atoms with van der Waals surface area (Å²) < 4.78 is 34.1. The molecule has 0 saturated carbocycles. The van der Waals surface area contributed by atoms with Crippen LogP contribution in [0.5, 0.6) is 11.5 Å². The highest BCUT2D eigenvalue weighted by molar-refractivity contribution is 7.82. The number of rotatable bonds is 0. The van der Waals surface area contributed by atoms with Crippen molar-refractivity contribution >= 4 is 10.4 Å². The molecule has 1 aromatic heterocycles. The van der Waals surface area contributed by atoms with Crippen LogP contribution in [0.25, 0.3) is 0 Å². The maximum Gasteiger partial charge on any atom is 0.501 e. The van der Waals surface area contributed by atoms with E-state index < -0.39 is 22.6 Å². The molecule has 2 unspecified atom stereocenters. The van der Waals surface area contributed by atoms with E-state index in [-0.39, 0.29) is 22.8 Å². The molecule has 0 radical (unpaired) electrons. The molecule has 22 heavy (non-hydrogen) atoms. The van der Waals surface area contributed by atoms with Crippen molar-refractivity contribution in [1.82, 2.24) is 9.55 Å². The Hall–Kier alpha value is -2.10. The number of fused-ring (bicyclic) bond motifs is 4. The van der Waals surface area contributed by atoms with Gasteiger partial charge in [-0.2, -0.15) is 0 Å². The molecular formula is C13H12N2O6S. The average Bonchev–Trinajstić information content (AvgIpc) is 2.91. The van der Waals surface area contributed by atoms with Gasteiger partial charge in [0.15, 0.2) is 11.5 Å². The van der Waals surface area contributed by atoms with Gasteiger partial charge in [0.1, 0.15) is 18.0 Å². The minimum absolute atomic E-state index is 0.0129. The van der Waals surface area contributed by atoms with E-state index in [9.17, 15) is 18.6 Å². The van der Waals surface area contributed by atoms with Gasteiger partial charge in [-0.3, -0.25) is 0 Å². The van der Waals surface area contributed by atoms with Crippen LogP contribution in [0.3, 0.4) is 0 Å². The lowest BCUT2D eigenvalue weighted by Crippen LogP contribution is -2.20. The zero-order valence-corrected chi connectivity index (χ0v) is 12.5. The van der Waals surface area contributed by atoms with Gasteiger partial charge in [-0.05, 0) is 18.6 Å². The highest BCUT2D eigenvalue weighted by atomic mass is 32.3. The first-order chi connectivity index (χ1) is 10.3. The molecule has 1 aliphatic heterocycles. The smallest absolute Gasteiger partial charge is 0.382 e. The summed E-state index contributed by atoms with van der Waals surface area (Å²) in [7, 11) is -2.44. The Morgan fingerprint density at radius 1 is 1.23 bits per heavy atom. The van der Waals surface area contributed by atoms with E-state index >= 15 is 0 Å². The zero-order chi connectivity index (χ0) is 15.8. The SMILES string of the molecule is Cc1nc2c(n1C)C(O)c1ccc3c(c1C2O)OS(=O)(=O)O3. The molecule has 0 saturated heterocycles. The van der Waals surface area contributed by atoms with Crippen LogP contribution in [0.2, 0.25) is 0 Å². The van der Waals surface area contributed by atoms with Crippen LogP contribution in [-0.4, -0.2) is 28.2 Å². The number of imidazole rings is 1. The topological polar surface area (TPSA) is 111 Å². The zero-order valence-electron chi connectivity index (χ0n) is 11.6. The molecular weight excluding hydrogens is 312 g/mol. The van der Waals surface area contributed by atoms with Gasteiger partial charge in [-0.15, -0.1) is 8.42 Å². The van der Waals surface area contributed by atoms with Gasteiger partial charge in [0.05, 0.1) is 11.4 Å². The first-order valence-electron chi connectivity index (χ1n) is 6.50. The third kappa shape index (κ3) is 1.58. The quantitative estimate of drug-likeness (QED) is 0.713. The van der Waals surface area contributed by atoms with Crippen LogP contribution in [-0.2, 0) is 17.4 Å². The summed E-state index contributed by atoms with van der Waals surface area (Å²) in [4.78, 5) is 4.25. The van der Waals surface area contributed by atoms with Gasteiger partial charge >= 0.3 is 10.4 Å². The molecule has 1 aliphatic carbocycles. The largest absolute Gasteiger partial charge is 0.501 e. The average molecular weight is 324 g/mol. The van der Waals surface area contributed by atoms with Crippen molar-refractivity contribution < 1.29 is 27.0 Å². The monoisotopic (exact) mass is 324 g/mol. The van der Waals surface area contributed by atoms with E-state index in [1.165, 1.54) is 12.1 Å². The van der Waals surface area contributed by atoms with E-state index in [0.29, 0.717) is 17.1 Å². The predicted octanol–water partition coefficient (Wildman–Crippen LogP) is 0.221. The van der Waals surface area contributed by atoms with Crippen molar-refractivity contribution in [2.75, 3.05) is 0 Å². The summed E-state index contributed by atoms with van der Waals surface area (Å²) >= 11 is 0. The first-order valence-corrected chi connectivity index (χ1v) is 7.83. The highest BCUT2D eigenvalue weighted by Gasteiger charge is 2.42. The Labute approximate surface area is 125 Å². The summed E-state index contributed by atoms with van der Waals surface area (Å²) in [6.07, 6.45) is -2.25. The number of benzene rings is 1. The summed E-state index contributed by atoms with van der Waals surface area (Å²) in [5.74, 6) is 0.511. The van der Waals surface area contributed by atoms with Gasteiger partial charge in [0, 0.05) is 12.6 Å². The number of nitrogens with zero attached hydrogens (tertiary/aromatic N) is 2. The molecule has 2 atom stereocenters. The molecule has 9 heteroatoms. The maximum atomic E-state index is 11.5. The Bertz CT molecular complexity index is 917. The Balaban J connectivity index is 2.00. The van der Waals surface area contributed by atoms with Crippen molar-refractivity contribution in [1.29, 1.82) is 0 Å². The number of aliphatic hydroxyl groups is 2. The standard InChI is InChI=1S/C13H12N2O6S/c1-5-14-9-10(15(5)2)11(16)6-3-4-7-13(8(6)12(9)17)21-22(18,19)20-7/h3-4,11-12,16-17H,1-2H3. The van der Waals surface area contributed by atoms with Crippen molar-refractivity contribution in [3.63, 3.8) is 0 Å². The Morgan fingerprint density at radius 3 is 2.68 bits per heavy atom. The second kappa shape index (κ2) is 4.00. The van der Waals surface area contributed by atoms with Gasteiger partial charge in [0.2, 0.25) is 0 Å². The fourth-order valence-corrected chi connectivity index (χ4v) is 3.72. The lowest BCUT2D eigenvalue weighted by molar-refractivity contribution is 0.164. The van der Waals surface area contributed by atoms with E-state index in [0.717, 1.165) is 0 Å². The number of aliphatic hydroxyl groups excluding tert-OH is 2. The Morgan fingerprint density at radius 2 is 1.95 bits per heavy atom. The minimum atomic E-state index is -4.18. The van der Waals surface area contributed by atoms with E-state index in [1.807, 2.05) is 0 Å². The Kier molecular flexibility index (Phi) is 2.47. The molecule has 0 bridgehead atoms. The molecule has 8 nitrogen and oxygen atoms in total. The molecule has 2 aromatic rings. The van der Waals surface area contributed by atoms with Gasteiger partial charge in [0.25, 0.3) is 0 Å². The third-order valence-corrected chi connectivity index (χ3v) is 4.80. The predicted molar refractivity (Wildman–Crippen MR) is 72.7 cm³/mol. The van der Waals surface area contributed by atoms with Gasteiger partial charge in [-0.25, -0.2) is 4.98 Å². The third-order valence-electron chi connectivity index (χ3n) is 4.05. The molecule has 1 aromatic carbocycles. The van der Waals surface area contributed by atoms with Crippen molar-refractivity contribution in [3.8, 4) is 11.5 Å². The fourth-order valence-electron chi connectivity index (χ4n) is 2.96. The van der Waals surface area contributed by atoms with Gasteiger partial charge in [-0.1, -0.05) is 6.07 Å². The molecule has 116 valence electrons. The van der Waals surface area contributed by atoms with Crippen molar-refractivity contribution in [3.05, 3.63) is 40.5 Å². The van der Waals surface area contributed by atoms with E-state index in [2.05, 4.69) is 4.98 Å². The molecule has 2 heterocycles. The maximum absolute atomic E-state index is 11.5. The molecule has 4 rings (SSSR count). The first kappa shape index (κ1) is 13.6.